The molecule has 1 aliphatic rings. The zero-order valence-electron chi connectivity index (χ0n) is 17.2. The molecule has 3 heterocycles. The number of nitrogens with one attached hydrogen (secondary N) is 1. The summed E-state index contributed by atoms with van der Waals surface area (Å²) in [7, 11) is 0. The van der Waals surface area contributed by atoms with Gasteiger partial charge in [-0.2, -0.15) is 0 Å². The Morgan fingerprint density at radius 2 is 1.87 bits per heavy atom. The number of aromatic nitrogens is 5. The van der Waals surface area contributed by atoms with Crippen LogP contribution < -0.4 is 15.8 Å². The van der Waals surface area contributed by atoms with Gasteiger partial charge in [0.05, 0.1) is 17.2 Å². The molecule has 9 nitrogen and oxygen atoms in total. The summed E-state index contributed by atoms with van der Waals surface area (Å²) in [6.07, 6.45) is 9.06. The Bertz CT molecular complexity index is 1180. The lowest BCUT2D eigenvalue weighted by Gasteiger charge is -2.30. The first kappa shape index (κ1) is 19.2. The maximum Gasteiger partial charge on any atom is 0.249 e. The van der Waals surface area contributed by atoms with Gasteiger partial charge in [-0.3, -0.25) is 4.98 Å². The molecule has 1 aliphatic carbocycles. The van der Waals surface area contributed by atoms with Gasteiger partial charge in [-0.25, -0.2) is 9.97 Å². The van der Waals surface area contributed by atoms with Gasteiger partial charge in [0.1, 0.15) is 17.1 Å². The van der Waals surface area contributed by atoms with E-state index in [1.165, 1.54) is 0 Å². The third-order valence-electron chi connectivity index (χ3n) is 5.42. The first-order valence-electron chi connectivity index (χ1n) is 10.3. The molecule has 9 heteroatoms. The molecule has 0 amide bonds. The maximum absolute atomic E-state index is 6.27. The van der Waals surface area contributed by atoms with Crippen molar-refractivity contribution in [1.29, 1.82) is 0 Å². The molecule has 0 unspecified atom stereocenters. The van der Waals surface area contributed by atoms with Gasteiger partial charge in [-0.15, -0.1) is 10.2 Å². The Kier molecular flexibility index (Phi) is 5.07. The second-order valence-electron chi connectivity index (χ2n) is 7.74. The van der Waals surface area contributed by atoms with E-state index in [0.29, 0.717) is 29.3 Å². The van der Waals surface area contributed by atoms with Crippen molar-refractivity contribution in [2.45, 2.75) is 44.8 Å². The van der Waals surface area contributed by atoms with Gasteiger partial charge in [-0.1, -0.05) is 0 Å². The topological polar surface area (TPSA) is 125 Å². The Morgan fingerprint density at radius 1 is 1.03 bits per heavy atom. The standard InChI is InChI=1S/C22H23N7O2/c1-13-28-29-22(30-13)14-2-7-20(26-12-14)27-16-3-5-17(6-4-16)31-19-11-15(23)10-18-21(19)25-9-8-24-18/h2,7-12,16-17H,3-6,23H2,1H3,(H,26,27). The number of hydrogen-bond donors (Lipinski definition) is 2. The average molecular weight is 417 g/mol. The van der Waals surface area contributed by atoms with Crippen LogP contribution in [0.3, 0.4) is 0 Å². The third kappa shape index (κ3) is 4.25. The first-order valence-corrected chi connectivity index (χ1v) is 10.3. The van der Waals surface area contributed by atoms with E-state index in [0.717, 1.165) is 48.1 Å². The van der Waals surface area contributed by atoms with E-state index in [2.05, 4.69) is 30.5 Å². The molecule has 1 fully saturated rings. The van der Waals surface area contributed by atoms with Gasteiger partial charge >= 0.3 is 0 Å². The second-order valence-corrected chi connectivity index (χ2v) is 7.74. The number of anilines is 2. The lowest BCUT2D eigenvalue weighted by Crippen LogP contribution is -2.31. The first-order chi connectivity index (χ1) is 15.1. The van der Waals surface area contributed by atoms with Crippen LogP contribution in [-0.4, -0.2) is 37.3 Å². The molecule has 4 aromatic rings. The van der Waals surface area contributed by atoms with Crippen LogP contribution in [0.5, 0.6) is 5.75 Å². The highest BCUT2D eigenvalue weighted by Gasteiger charge is 2.23. The van der Waals surface area contributed by atoms with Crippen LogP contribution in [0.25, 0.3) is 22.5 Å². The van der Waals surface area contributed by atoms with Crippen molar-refractivity contribution in [3.05, 3.63) is 48.7 Å². The predicted octanol–water partition coefficient (Wildman–Crippen LogP) is 3.77. The minimum Gasteiger partial charge on any atom is -0.488 e. The summed E-state index contributed by atoms with van der Waals surface area (Å²) in [5, 5.41) is 11.4. The summed E-state index contributed by atoms with van der Waals surface area (Å²) in [5.41, 5.74) is 8.94. The zero-order valence-corrected chi connectivity index (χ0v) is 17.2. The number of nitrogen functional groups attached to an aromatic ring is 1. The van der Waals surface area contributed by atoms with E-state index in [1.807, 2.05) is 24.3 Å². The van der Waals surface area contributed by atoms with Gasteiger partial charge < -0.3 is 20.2 Å². The molecule has 0 saturated heterocycles. The molecule has 0 radical (unpaired) electrons. The molecule has 3 aromatic heterocycles. The molecule has 0 aliphatic heterocycles. The van der Waals surface area contributed by atoms with Gasteiger partial charge in [0.25, 0.3) is 0 Å². The fourth-order valence-electron chi connectivity index (χ4n) is 3.89. The number of fused-ring (bicyclic) bond motifs is 1. The number of rotatable bonds is 5. The molecule has 31 heavy (non-hydrogen) atoms. The molecular weight excluding hydrogens is 394 g/mol. The molecule has 5 rings (SSSR count). The highest BCUT2D eigenvalue weighted by Crippen LogP contribution is 2.31. The van der Waals surface area contributed by atoms with Crippen molar-refractivity contribution in [3.63, 3.8) is 0 Å². The van der Waals surface area contributed by atoms with Crippen LogP contribution >= 0.6 is 0 Å². The van der Waals surface area contributed by atoms with Crippen LogP contribution in [-0.2, 0) is 0 Å². The second kappa shape index (κ2) is 8.17. The lowest BCUT2D eigenvalue weighted by molar-refractivity contribution is 0.152. The summed E-state index contributed by atoms with van der Waals surface area (Å²) in [4.78, 5) is 13.2. The molecule has 158 valence electrons. The van der Waals surface area contributed by atoms with Gasteiger partial charge in [0.2, 0.25) is 11.8 Å². The summed E-state index contributed by atoms with van der Waals surface area (Å²) in [5.74, 6) is 2.55. The van der Waals surface area contributed by atoms with Gasteiger partial charge in [0.15, 0.2) is 0 Å². The van der Waals surface area contributed by atoms with E-state index in [4.69, 9.17) is 14.9 Å². The largest absolute Gasteiger partial charge is 0.488 e. The molecule has 3 N–H and O–H groups in total. The zero-order chi connectivity index (χ0) is 21.2. The summed E-state index contributed by atoms with van der Waals surface area (Å²) >= 11 is 0. The summed E-state index contributed by atoms with van der Waals surface area (Å²) < 4.78 is 11.7. The third-order valence-corrected chi connectivity index (χ3v) is 5.42. The van der Waals surface area contributed by atoms with Crippen LogP contribution in [0.2, 0.25) is 0 Å². The van der Waals surface area contributed by atoms with Crippen molar-refractivity contribution in [1.82, 2.24) is 25.1 Å². The highest BCUT2D eigenvalue weighted by molar-refractivity contribution is 5.84. The number of nitrogens with two attached hydrogens (primary N) is 1. The Labute approximate surface area is 179 Å². The molecule has 1 aromatic carbocycles. The quantitative estimate of drug-likeness (QED) is 0.467. The number of benzene rings is 1. The number of pyridine rings is 1. The van der Waals surface area contributed by atoms with Crippen LogP contribution in [0, 0.1) is 6.92 Å². The van der Waals surface area contributed by atoms with Crippen LogP contribution in [0.1, 0.15) is 31.6 Å². The average Bonchev–Trinajstić information content (AvgIpc) is 3.22. The maximum atomic E-state index is 6.27. The smallest absolute Gasteiger partial charge is 0.249 e. The molecule has 0 atom stereocenters. The number of aryl methyl sites for hydroxylation is 1. The van der Waals surface area contributed by atoms with E-state index in [1.54, 1.807) is 25.5 Å². The number of nitrogens with zero attached hydrogens (tertiary/aromatic N) is 5. The minimum atomic E-state index is 0.126. The Balaban J connectivity index is 1.19. The van der Waals surface area contributed by atoms with E-state index in [9.17, 15) is 0 Å². The number of hydrogen-bond acceptors (Lipinski definition) is 9. The minimum absolute atomic E-state index is 0.126. The van der Waals surface area contributed by atoms with Gasteiger partial charge in [0, 0.05) is 43.3 Å². The predicted molar refractivity (Wildman–Crippen MR) is 117 cm³/mol. The Hall–Kier alpha value is -3.75. The summed E-state index contributed by atoms with van der Waals surface area (Å²) in [6.45, 7) is 1.77. The van der Waals surface area contributed by atoms with E-state index < -0.39 is 0 Å². The molecule has 1 saturated carbocycles. The van der Waals surface area contributed by atoms with Crippen molar-refractivity contribution < 1.29 is 9.15 Å². The lowest BCUT2D eigenvalue weighted by atomic mass is 9.93. The van der Waals surface area contributed by atoms with Gasteiger partial charge in [-0.05, 0) is 43.9 Å². The monoisotopic (exact) mass is 417 g/mol. The SMILES string of the molecule is Cc1nnc(-c2ccc(NC3CCC(Oc4cc(N)cc5nccnc45)CC3)nc2)o1. The summed E-state index contributed by atoms with van der Waals surface area (Å²) in [6, 6.07) is 7.87. The van der Waals surface area contributed by atoms with Crippen molar-refractivity contribution in [2.24, 2.45) is 0 Å². The van der Waals surface area contributed by atoms with Crippen molar-refractivity contribution >= 4 is 22.5 Å². The Morgan fingerprint density at radius 3 is 2.61 bits per heavy atom. The van der Waals surface area contributed by atoms with Crippen molar-refractivity contribution in [3.8, 4) is 17.2 Å². The van der Waals surface area contributed by atoms with Crippen LogP contribution in [0.15, 0.2) is 47.3 Å². The molecule has 0 spiro atoms. The highest BCUT2D eigenvalue weighted by atomic mass is 16.5. The molecular formula is C22H23N7O2. The van der Waals surface area contributed by atoms with Crippen molar-refractivity contribution in [2.75, 3.05) is 11.1 Å². The van der Waals surface area contributed by atoms with E-state index >= 15 is 0 Å². The normalized spacial score (nSPS) is 18.7. The number of ether oxygens (including phenoxy) is 1. The fourth-order valence-corrected chi connectivity index (χ4v) is 3.89. The fraction of sp³-hybridized carbons (Fsp3) is 0.318. The van der Waals surface area contributed by atoms with Crippen LogP contribution in [0.4, 0.5) is 11.5 Å². The van der Waals surface area contributed by atoms with E-state index in [-0.39, 0.29) is 6.10 Å². The molecule has 0 bridgehead atoms.